The van der Waals surface area contributed by atoms with Gasteiger partial charge >= 0.3 is 5.97 Å². The van der Waals surface area contributed by atoms with Gasteiger partial charge in [-0.25, -0.2) is 0 Å². The molecule has 1 fully saturated rings. The molecule has 1 aliphatic heterocycles. The highest BCUT2D eigenvalue weighted by atomic mass is 35.5. The summed E-state index contributed by atoms with van der Waals surface area (Å²) in [6, 6.07) is 0. The monoisotopic (exact) mass is 364 g/mol. The number of nitrogens with one attached hydrogen (secondary N) is 2. The lowest BCUT2D eigenvalue weighted by molar-refractivity contribution is -0.149. The van der Waals surface area contributed by atoms with E-state index in [1.165, 1.54) is 0 Å². The highest BCUT2D eigenvalue weighted by Gasteiger charge is 2.17. The summed E-state index contributed by atoms with van der Waals surface area (Å²) in [5.41, 5.74) is 0. The van der Waals surface area contributed by atoms with Gasteiger partial charge in [-0.3, -0.25) is 20.3 Å². The first-order valence-electron chi connectivity index (χ1n) is 10.1. The molecule has 24 heavy (non-hydrogen) atoms. The lowest BCUT2D eigenvalue weighted by Crippen LogP contribution is -2.44. The summed E-state index contributed by atoms with van der Waals surface area (Å²) < 4.78 is 28.0. The Morgan fingerprint density at radius 1 is 1.21 bits per heavy atom. The number of carbonyl (C=O) groups excluding carboxylic acids is 2. The number of esters is 1. The summed E-state index contributed by atoms with van der Waals surface area (Å²) in [5, 5.41) is 10.2. The van der Waals surface area contributed by atoms with Gasteiger partial charge in [-0.2, -0.15) is 0 Å². The van der Waals surface area contributed by atoms with Gasteiger partial charge in [0.2, 0.25) is 5.91 Å². The van der Waals surface area contributed by atoms with Crippen LogP contribution in [-0.4, -0.2) is 42.4 Å². The number of nitrogens with zero attached hydrogens (tertiary/aromatic N) is 1. The zero-order valence-electron chi connectivity index (χ0n) is 17.4. The van der Waals surface area contributed by atoms with E-state index in [0.717, 1.165) is 44.9 Å². The lowest BCUT2D eigenvalue weighted by atomic mass is 10.0. The van der Waals surface area contributed by atoms with Crippen LogP contribution in [0, 0.1) is 5.41 Å². The van der Waals surface area contributed by atoms with Crippen molar-refractivity contribution in [3.63, 3.8) is 0 Å². The minimum Gasteiger partial charge on any atom is -0.461 e. The van der Waals surface area contributed by atoms with E-state index in [9.17, 15) is 9.59 Å². The van der Waals surface area contributed by atoms with Crippen molar-refractivity contribution >= 4 is 30.2 Å². The van der Waals surface area contributed by atoms with E-state index >= 15 is 0 Å². The Kier molecular flexibility index (Phi) is 9.52. The van der Waals surface area contributed by atoms with E-state index in [1.807, 2.05) is 6.92 Å². The number of cyclic esters (lactones) is 1. The van der Waals surface area contributed by atoms with Crippen LogP contribution in [0.15, 0.2) is 0 Å². The highest BCUT2D eigenvalue weighted by molar-refractivity contribution is 5.96. The summed E-state index contributed by atoms with van der Waals surface area (Å²) >= 11 is 0. The molecule has 2 N–H and O–H groups in total. The maximum absolute atomic E-state index is 12.2. The quantitative estimate of drug-likeness (QED) is 0.700. The SMILES string of the molecule is Cl.[2H]C([2H])([2H])N1CC(=O)OC(CC)CCCCCCCCCC(=O)NC1=N. The third-order valence-corrected chi connectivity index (χ3v) is 4.00. The van der Waals surface area contributed by atoms with Crippen molar-refractivity contribution in [3.8, 4) is 0 Å². The van der Waals surface area contributed by atoms with Crippen LogP contribution in [0.3, 0.4) is 0 Å². The van der Waals surface area contributed by atoms with Gasteiger partial charge in [0.25, 0.3) is 0 Å². The molecule has 7 heteroatoms. The first-order chi connectivity index (χ1) is 12.2. The predicted octanol–water partition coefficient (Wildman–Crippen LogP) is 3.24. The Morgan fingerprint density at radius 3 is 2.46 bits per heavy atom. The van der Waals surface area contributed by atoms with Crippen molar-refractivity contribution < 1.29 is 18.4 Å². The number of halogens is 1. The number of ether oxygens (including phenoxy) is 1. The fraction of sp³-hybridized carbons (Fsp3) is 0.824. The maximum Gasteiger partial charge on any atom is 0.325 e. The highest BCUT2D eigenvalue weighted by Crippen LogP contribution is 2.14. The fourth-order valence-corrected chi connectivity index (χ4v) is 2.58. The van der Waals surface area contributed by atoms with Gasteiger partial charge in [0.1, 0.15) is 12.6 Å². The predicted molar refractivity (Wildman–Crippen MR) is 97.5 cm³/mol. The minimum atomic E-state index is -2.71. The van der Waals surface area contributed by atoms with E-state index < -0.39 is 31.4 Å². The smallest absolute Gasteiger partial charge is 0.325 e. The van der Waals surface area contributed by atoms with E-state index in [1.54, 1.807) is 0 Å². The number of hydrogen-bond donors (Lipinski definition) is 2. The molecular weight excluding hydrogens is 330 g/mol. The molecule has 1 saturated heterocycles. The largest absolute Gasteiger partial charge is 0.461 e. The third-order valence-electron chi connectivity index (χ3n) is 4.00. The molecule has 0 aromatic heterocycles. The van der Waals surface area contributed by atoms with Gasteiger partial charge in [-0.1, -0.05) is 39.0 Å². The Balaban J connectivity index is 0.00000676. The molecule has 0 aromatic carbocycles. The Hall–Kier alpha value is -1.30. The number of amides is 1. The second-order valence-electron chi connectivity index (χ2n) is 6.02. The number of rotatable bonds is 1. The number of likely N-dealkylation sites (N-methyl/N-ethyl adjacent to an activating group) is 1. The van der Waals surface area contributed by atoms with Crippen LogP contribution in [0.5, 0.6) is 0 Å². The van der Waals surface area contributed by atoms with Gasteiger partial charge < -0.3 is 9.64 Å². The first kappa shape index (κ1) is 17.5. The Morgan fingerprint density at radius 2 is 1.83 bits per heavy atom. The minimum absolute atomic E-state index is 0. The topological polar surface area (TPSA) is 82.5 Å². The van der Waals surface area contributed by atoms with Crippen LogP contribution >= 0.6 is 12.4 Å². The van der Waals surface area contributed by atoms with Crippen molar-refractivity contribution in [2.45, 2.75) is 77.2 Å². The number of carbonyl (C=O) groups is 2. The van der Waals surface area contributed by atoms with Gasteiger partial charge in [0.15, 0.2) is 5.96 Å². The second kappa shape index (κ2) is 13.0. The maximum atomic E-state index is 12.2. The molecule has 1 atom stereocenters. The molecule has 0 saturated carbocycles. The van der Waals surface area contributed by atoms with E-state index in [2.05, 4.69) is 5.32 Å². The summed E-state index contributed by atoms with van der Waals surface area (Å²) in [7, 11) is 0. The fourth-order valence-electron chi connectivity index (χ4n) is 2.58. The van der Waals surface area contributed by atoms with Crippen molar-refractivity contribution in [2.75, 3.05) is 13.5 Å². The Labute approximate surface area is 155 Å². The molecule has 0 spiro atoms. The zero-order chi connectivity index (χ0) is 19.6. The molecule has 0 aliphatic carbocycles. The molecule has 0 bridgehead atoms. The number of guanidine groups is 1. The van der Waals surface area contributed by atoms with Gasteiger partial charge in [0.05, 0.1) is 0 Å². The van der Waals surface area contributed by atoms with Crippen molar-refractivity contribution in [3.05, 3.63) is 0 Å². The normalized spacial score (nSPS) is 25.2. The average Bonchev–Trinajstić information content (AvgIpc) is 2.55. The standard InChI is InChI=1S/C17H31N3O3.ClH/c1-3-14-11-9-7-5-4-6-8-10-12-15(21)19-17(18)20(2)13-16(22)23-14;/h14H,3-13H2,1-2H3,(H2,18,19,21);1H/i2D3;. The molecule has 140 valence electrons. The lowest BCUT2D eigenvalue weighted by Gasteiger charge is -2.21. The summed E-state index contributed by atoms with van der Waals surface area (Å²) in [5.74, 6) is -1.70. The molecule has 1 amide bonds. The van der Waals surface area contributed by atoms with E-state index in [4.69, 9.17) is 14.3 Å². The van der Waals surface area contributed by atoms with Crippen molar-refractivity contribution in [1.82, 2.24) is 10.2 Å². The van der Waals surface area contributed by atoms with Crippen LogP contribution in [-0.2, 0) is 14.3 Å². The van der Waals surface area contributed by atoms with E-state index in [0.29, 0.717) is 17.7 Å². The summed E-state index contributed by atoms with van der Waals surface area (Å²) in [6.07, 6.45) is 8.35. The van der Waals surface area contributed by atoms with Gasteiger partial charge in [0, 0.05) is 17.5 Å². The molecule has 1 heterocycles. The Bertz CT molecular complexity index is 490. The molecule has 6 nitrogen and oxygen atoms in total. The summed E-state index contributed by atoms with van der Waals surface area (Å²) in [4.78, 5) is 24.7. The average molecular weight is 365 g/mol. The van der Waals surface area contributed by atoms with Crippen LogP contribution in [0.25, 0.3) is 0 Å². The first-order valence-corrected chi connectivity index (χ1v) is 8.59. The van der Waals surface area contributed by atoms with Gasteiger partial charge in [-0.15, -0.1) is 12.4 Å². The third kappa shape index (κ3) is 9.75. The van der Waals surface area contributed by atoms with Crippen molar-refractivity contribution in [2.24, 2.45) is 0 Å². The summed E-state index contributed by atoms with van der Waals surface area (Å²) in [6.45, 7) is -1.38. The van der Waals surface area contributed by atoms with Crippen LogP contribution in [0.2, 0.25) is 0 Å². The van der Waals surface area contributed by atoms with Gasteiger partial charge in [-0.05, 0) is 25.7 Å². The molecule has 1 rings (SSSR count). The van der Waals surface area contributed by atoms with Crippen molar-refractivity contribution in [1.29, 1.82) is 5.41 Å². The molecular formula is C17H32ClN3O3. The molecule has 1 unspecified atom stereocenters. The van der Waals surface area contributed by atoms with E-state index in [-0.39, 0.29) is 24.9 Å². The van der Waals surface area contributed by atoms with Crippen LogP contribution in [0.4, 0.5) is 0 Å². The molecule has 0 radical (unpaired) electrons. The molecule has 1 aliphatic rings. The van der Waals surface area contributed by atoms with Crippen LogP contribution in [0.1, 0.15) is 75.2 Å². The van der Waals surface area contributed by atoms with Crippen LogP contribution < -0.4 is 5.32 Å². The number of hydrogen-bond acceptors (Lipinski definition) is 4. The molecule has 0 aromatic rings. The zero-order valence-corrected chi connectivity index (χ0v) is 15.3. The second-order valence-corrected chi connectivity index (χ2v) is 6.02.